The van der Waals surface area contributed by atoms with Crippen LogP contribution in [0.3, 0.4) is 0 Å². The molecule has 0 radical (unpaired) electrons. The van der Waals surface area contributed by atoms with E-state index in [1.807, 2.05) is 41.4 Å². The van der Waals surface area contributed by atoms with Gasteiger partial charge in [0.1, 0.15) is 23.4 Å². The first kappa shape index (κ1) is 27.1. The molecule has 11 heteroatoms. The molecule has 11 nitrogen and oxygen atoms in total. The molecule has 4 aliphatic rings. The van der Waals surface area contributed by atoms with Crippen molar-refractivity contribution in [3.63, 3.8) is 0 Å². The van der Waals surface area contributed by atoms with Crippen LogP contribution >= 0.6 is 0 Å². The number of hydrogen-bond donors (Lipinski definition) is 4. The van der Waals surface area contributed by atoms with Gasteiger partial charge >= 0.3 is 0 Å². The van der Waals surface area contributed by atoms with E-state index in [-0.39, 0.29) is 17.9 Å². The van der Waals surface area contributed by atoms with Gasteiger partial charge in [0.25, 0.3) is 5.91 Å². The molecular formula is C30H38N8O3. The number of hydrazine groups is 1. The lowest BCUT2D eigenvalue weighted by Crippen LogP contribution is -2.52. The van der Waals surface area contributed by atoms with Gasteiger partial charge in [-0.1, -0.05) is 0 Å². The molecule has 2 fully saturated rings. The average Bonchev–Trinajstić information content (AvgIpc) is 3.71. The number of Topliss-reactive ketones (excluding diaryl/α,β-unsaturated/α-hetero) is 1. The van der Waals surface area contributed by atoms with Crippen LogP contribution in [0.2, 0.25) is 0 Å². The normalized spacial score (nSPS) is 21.5. The number of aliphatic imine (C=N–C) groups is 1. The largest absolute Gasteiger partial charge is 0.486 e. The molecule has 1 spiro atoms. The van der Waals surface area contributed by atoms with Crippen LogP contribution in [0.5, 0.6) is 5.75 Å². The highest BCUT2D eigenvalue weighted by molar-refractivity contribution is 6.03. The summed E-state index contributed by atoms with van der Waals surface area (Å²) in [5.41, 5.74) is 12.4. The summed E-state index contributed by atoms with van der Waals surface area (Å²) in [7, 11) is 3.53. The Bertz CT molecular complexity index is 1370. The molecule has 216 valence electrons. The number of nitrogens with one attached hydrogen (secondary N) is 4. The number of anilines is 2. The van der Waals surface area contributed by atoms with Crippen LogP contribution in [0.1, 0.15) is 64.8 Å². The zero-order valence-electron chi connectivity index (χ0n) is 23.7. The smallest absolute Gasteiger partial charge is 0.253 e. The van der Waals surface area contributed by atoms with E-state index in [4.69, 9.17) is 4.74 Å². The summed E-state index contributed by atoms with van der Waals surface area (Å²) < 4.78 is 6.50. The van der Waals surface area contributed by atoms with E-state index in [2.05, 4.69) is 42.7 Å². The number of benzene rings is 2. The van der Waals surface area contributed by atoms with E-state index in [1.165, 1.54) is 0 Å². The zero-order chi connectivity index (χ0) is 28.4. The highest BCUT2D eigenvalue weighted by Gasteiger charge is 2.44. The number of ether oxygens (including phenoxy) is 1. The van der Waals surface area contributed by atoms with Gasteiger partial charge in [-0.2, -0.15) is 5.10 Å². The second-order valence-corrected chi connectivity index (χ2v) is 11.2. The van der Waals surface area contributed by atoms with Gasteiger partial charge in [-0.05, 0) is 49.2 Å². The Kier molecular flexibility index (Phi) is 7.53. The number of fused-ring (bicyclic) bond motifs is 1. The van der Waals surface area contributed by atoms with E-state index < -0.39 is 5.60 Å². The first-order valence-electron chi connectivity index (χ1n) is 14.5. The Hall–Kier alpha value is -4.12. The number of ketones is 1. The molecule has 1 atom stereocenters. The summed E-state index contributed by atoms with van der Waals surface area (Å²) in [5.74, 6) is 1.37. The monoisotopic (exact) mass is 558 g/mol. The number of piperidine rings is 1. The van der Waals surface area contributed by atoms with Gasteiger partial charge in [0, 0.05) is 88.3 Å². The Labute approximate surface area is 240 Å². The van der Waals surface area contributed by atoms with Crippen LogP contribution in [-0.4, -0.2) is 80.7 Å². The Balaban J connectivity index is 1.16. The van der Waals surface area contributed by atoms with E-state index in [1.54, 1.807) is 14.1 Å². The number of rotatable bonds is 6. The molecular weight excluding hydrogens is 520 g/mol. The standard InChI is InChI=1S/C30H38N8O3/c1-31-28(36-32-2)20-15-21(17-23(16-20)37-11-3-4-12-37)29(40)38-13-8-30(9-14-38)19-25(39)24-18-22(5-6-26(24)41-30)34-27-7-10-33-35-27/h5-6,10,15-18,27,32,34-35H,3-4,7-9,11-14,19H2,1-2H3,(H,31,36). The van der Waals surface area contributed by atoms with Gasteiger partial charge in [0.2, 0.25) is 0 Å². The second-order valence-electron chi connectivity index (χ2n) is 11.2. The fourth-order valence-electron chi connectivity index (χ4n) is 6.21. The molecule has 4 N–H and O–H groups in total. The fraction of sp³-hybridized carbons (Fsp3) is 0.467. The summed E-state index contributed by atoms with van der Waals surface area (Å²) >= 11 is 0. The number of carbonyl (C=O) groups is 2. The molecule has 2 saturated heterocycles. The number of nitrogens with zero attached hydrogens (tertiary/aromatic N) is 4. The average molecular weight is 559 g/mol. The van der Waals surface area contributed by atoms with Crippen molar-refractivity contribution in [2.45, 2.75) is 50.3 Å². The third-order valence-electron chi connectivity index (χ3n) is 8.43. The number of amides is 1. The zero-order valence-corrected chi connectivity index (χ0v) is 23.7. The maximum atomic E-state index is 13.8. The van der Waals surface area contributed by atoms with Crippen LogP contribution in [0.25, 0.3) is 0 Å². The molecule has 1 unspecified atom stereocenters. The first-order valence-corrected chi connectivity index (χ1v) is 14.5. The number of amidine groups is 1. The van der Waals surface area contributed by atoms with Gasteiger partial charge in [-0.25, -0.2) is 5.43 Å². The Morgan fingerprint density at radius 1 is 1.10 bits per heavy atom. The highest BCUT2D eigenvalue weighted by Crippen LogP contribution is 2.40. The van der Waals surface area contributed by atoms with Gasteiger partial charge < -0.3 is 25.3 Å². The summed E-state index contributed by atoms with van der Waals surface area (Å²) in [6.45, 7) is 3.03. The molecule has 4 heterocycles. The number of carbonyl (C=O) groups excluding carboxylic acids is 2. The number of hydrogen-bond acceptors (Lipinski definition) is 9. The van der Waals surface area contributed by atoms with E-state index in [0.717, 1.165) is 49.3 Å². The van der Waals surface area contributed by atoms with E-state index >= 15 is 0 Å². The summed E-state index contributed by atoms with van der Waals surface area (Å²) in [6.07, 6.45) is 6.46. The molecule has 0 bridgehead atoms. The van der Waals surface area contributed by atoms with Gasteiger partial charge in [0.15, 0.2) is 5.78 Å². The number of likely N-dealkylation sites (tertiary alicyclic amines) is 1. The molecule has 0 aromatic heterocycles. The Morgan fingerprint density at radius 2 is 1.88 bits per heavy atom. The van der Waals surface area contributed by atoms with Crippen molar-refractivity contribution in [1.82, 2.24) is 21.2 Å². The number of hydrazone groups is 1. The van der Waals surface area contributed by atoms with Crippen molar-refractivity contribution in [2.75, 3.05) is 50.5 Å². The van der Waals surface area contributed by atoms with E-state index in [9.17, 15) is 9.59 Å². The van der Waals surface area contributed by atoms with Gasteiger partial charge in [-0.3, -0.25) is 20.0 Å². The van der Waals surface area contributed by atoms with Crippen LogP contribution in [-0.2, 0) is 0 Å². The van der Waals surface area contributed by atoms with Crippen LogP contribution in [0.4, 0.5) is 11.4 Å². The quantitative estimate of drug-likeness (QED) is 0.243. The van der Waals surface area contributed by atoms with Crippen molar-refractivity contribution in [2.24, 2.45) is 10.1 Å². The molecule has 1 amide bonds. The SMILES string of the molecule is CN=C(NNC)c1cc(C(=O)N2CCC3(CC2)CC(=O)c2cc(NC4CC=NN4)ccc2O3)cc(N2CCCC2)c1. The topological polar surface area (TPSA) is 123 Å². The lowest BCUT2D eigenvalue weighted by atomic mass is 9.82. The second kappa shape index (κ2) is 11.4. The lowest BCUT2D eigenvalue weighted by Gasteiger charge is -2.44. The van der Waals surface area contributed by atoms with Crippen LogP contribution in [0, 0.1) is 0 Å². The molecule has 0 aliphatic carbocycles. The maximum absolute atomic E-state index is 13.8. The van der Waals surface area contributed by atoms with Crippen molar-refractivity contribution < 1.29 is 14.3 Å². The molecule has 6 rings (SSSR count). The minimum absolute atomic E-state index is 0.00943. The van der Waals surface area contributed by atoms with Crippen LogP contribution < -0.4 is 31.2 Å². The van der Waals surface area contributed by atoms with Gasteiger partial charge in [0.05, 0.1) is 12.0 Å². The molecule has 4 aliphatic heterocycles. The predicted molar refractivity (Wildman–Crippen MR) is 160 cm³/mol. The minimum Gasteiger partial charge on any atom is -0.486 e. The van der Waals surface area contributed by atoms with Crippen molar-refractivity contribution in [3.8, 4) is 5.75 Å². The van der Waals surface area contributed by atoms with E-state index in [0.29, 0.717) is 55.1 Å². The van der Waals surface area contributed by atoms with Gasteiger partial charge in [-0.15, -0.1) is 0 Å². The molecule has 2 aromatic rings. The van der Waals surface area contributed by atoms with Crippen molar-refractivity contribution in [1.29, 1.82) is 0 Å². The summed E-state index contributed by atoms with van der Waals surface area (Å²) in [4.78, 5) is 35.7. The van der Waals surface area contributed by atoms with Crippen molar-refractivity contribution >= 4 is 35.1 Å². The molecule has 0 saturated carbocycles. The lowest BCUT2D eigenvalue weighted by molar-refractivity contribution is -0.00569. The maximum Gasteiger partial charge on any atom is 0.253 e. The van der Waals surface area contributed by atoms with Crippen molar-refractivity contribution in [3.05, 3.63) is 53.1 Å². The summed E-state index contributed by atoms with van der Waals surface area (Å²) in [6, 6.07) is 11.7. The third kappa shape index (κ3) is 5.58. The predicted octanol–water partition coefficient (Wildman–Crippen LogP) is 2.74. The summed E-state index contributed by atoms with van der Waals surface area (Å²) in [5, 5.41) is 7.39. The highest BCUT2D eigenvalue weighted by atomic mass is 16.5. The molecule has 2 aromatic carbocycles. The molecule has 41 heavy (non-hydrogen) atoms. The van der Waals surface area contributed by atoms with Crippen LogP contribution in [0.15, 0.2) is 46.5 Å². The fourth-order valence-corrected chi connectivity index (χ4v) is 6.21. The Morgan fingerprint density at radius 3 is 2.59 bits per heavy atom. The minimum atomic E-state index is -0.585. The first-order chi connectivity index (χ1) is 20.0. The third-order valence-corrected chi connectivity index (χ3v) is 8.43.